The average Bonchev–Trinajstić information content (AvgIpc) is 2.93. The van der Waals surface area contributed by atoms with Gasteiger partial charge in [0.15, 0.2) is 0 Å². The Bertz CT molecular complexity index is 1170. The first-order valence-electron chi connectivity index (χ1n) is 12.4. The van der Waals surface area contributed by atoms with Gasteiger partial charge in [-0.15, -0.1) is 0 Å². The highest BCUT2D eigenvalue weighted by atomic mass is 35.5. The molecule has 3 aromatic carbocycles. The molecule has 5 heteroatoms. The third kappa shape index (κ3) is 5.23. The summed E-state index contributed by atoms with van der Waals surface area (Å²) in [5.74, 6) is -0.167. The van der Waals surface area contributed by atoms with Gasteiger partial charge in [0.25, 0.3) is 0 Å². The zero-order chi connectivity index (χ0) is 25.4. The first-order chi connectivity index (χ1) is 17.5. The SMILES string of the molecule is CCOC(=O)C1(c2ccc(Cl)cc2)CCN(CC=CC(C#N)(c2ccccc2)c2ccccc2)CC1. The van der Waals surface area contributed by atoms with E-state index in [0.29, 0.717) is 31.0 Å². The summed E-state index contributed by atoms with van der Waals surface area (Å²) >= 11 is 6.10. The fourth-order valence-electron chi connectivity index (χ4n) is 5.07. The number of ether oxygens (including phenoxy) is 1. The second kappa shape index (κ2) is 11.6. The van der Waals surface area contributed by atoms with E-state index in [0.717, 1.165) is 29.8 Å². The van der Waals surface area contributed by atoms with Crippen molar-refractivity contribution in [3.8, 4) is 6.07 Å². The van der Waals surface area contributed by atoms with Crippen LogP contribution in [0.5, 0.6) is 0 Å². The van der Waals surface area contributed by atoms with Crippen LogP contribution in [0.15, 0.2) is 97.1 Å². The standard InChI is InChI=1S/C31H31ClN2O2/c1-2-36-29(35)30(27-14-16-28(32)17-15-27)19-22-34(23-20-30)21-9-18-31(24-33,25-10-5-3-6-11-25)26-12-7-4-8-13-26/h3-18H,2,19-23H2,1H3. The minimum atomic E-state index is -0.865. The fraction of sp³-hybridized carbons (Fsp3) is 0.290. The van der Waals surface area contributed by atoms with Crippen molar-refractivity contribution in [2.24, 2.45) is 0 Å². The molecule has 1 aliphatic rings. The molecule has 0 saturated carbocycles. The van der Waals surface area contributed by atoms with E-state index in [2.05, 4.69) is 17.0 Å². The second-order valence-corrected chi connectivity index (χ2v) is 9.60. The van der Waals surface area contributed by atoms with Crippen LogP contribution in [0.2, 0.25) is 5.02 Å². The third-order valence-corrected chi connectivity index (χ3v) is 7.39. The molecule has 0 spiro atoms. The van der Waals surface area contributed by atoms with E-state index in [1.54, 1.807) is 0 Å². The Morgan fingerprint density at radius 3 is 2.06 bits per heavy atom. The number of likely N-dealkylation sites (tertiary alicyclic amines) is 1. The number of allylic oxidation sites excluding steroid dienone is 1. The number of esters is 1. The van der Waals surface area contributed by atoms with Crippen LogP contribution in [0.4, 0.5) is 0 Å². The lowest BCUT2D eigenvalue weighted by Crippen LogP contribution is -2.48. The summed E-state index contributed by atoms with van der Waals surface area (Å²) in [5.41, 5.74) is 1.31. The summed E-state index contributed by atoms with van der Waals surface area (Å²) in [6.45, 7) is 4.40. The molecule has 0 aliphatic carbocycles. The van der Waals surface area contributed by atoms with Crippen LogP contribution in [0.1, 0.15) is 36.5 Å². The highest BCUT2D eigenvalue weighted by Crippen LogP contribution is 2.38. The predicted octanol–water partition coefficient (Wildman–Crippen LogP) is 6.30. The summed E-state index contributed by atoms with van der Waals surface area (Å²) in [6, 6.07) is 29.9. The van der Waals surface area contributed by atoms with Crippen LogP contribution in [-0.4, -0.2) is 37.1 Å². The topological polar surface area (TPSA) is 53.3 Å². The predicted molar refractivity (Wildman–Crippen MR) is 144 cm³/mol. The maximum atomic E-state index is 13.1. The highest BCUT2D eigenvalue weighted by Gasteiger charge is 2.44. The van der Waals surface area contributed by atoms with Crippen molar-refractivity contribution in [1.29, 1.82) is 5.26 Å². The fourth-order valence-corrected chi connectivity index (χ4v) is 5.20. The van der Waals surface area contributed by atoms with Crippen molar-refractivity contribution in [3.05, 3.63) is 119 Å². The van der Waals surface area contributed by atoms with Crippen molar-refractivity contribution >= 4 is 17.6 Å². The number of rotatable bonds is 8. The molecule has 1 fully saturated rings. The largest absolute Gasteiger partial charge is 0.465 e. The van der Waals surface area contributed by atoms with E-state index in [1.807, 2.05) is 97.9 Å². The van der Waals surface area contributed by atoms with Gasteiger partial charge in [0, 0.05) is 11.6 Å². The zero-order valence-electron chi connectivity index (χ0n) is 20.6. The van der Waals surface area contributed by atoms with Crippen LogP contribution < -0.4 is 0 Å². The Labute approximate surface area is 218 Å². The molecule has 3 aromatic rings. The van der Waals surface area contributed by atoms with Gasteiger partial charge in [0.1, 0.15) is 5.41 Å². The van der Waals surface area contributed by atoms with E-state index in [9.17, 15) is 10.1 Å². The molecule has 0 aromatic heterocycles. The van der Waals surface area contributed by atoms with Gasteiger partial charge in [0.2, 0.25) is 0 Å². The van der Waals surface area contributed by atoms with Crippen LogP contribution in [0.3, 0.4) is 0 Å². The van der Waals surface area contributed by atoms with Crippen molar-refractivity contribution in [1.82, 2.24) is 4.90 Å². The normalized spacial score (nSPS) is 15.9. The number of nitrogens with zero attached hydrogens (tertiary/aromatic N) is 2. The van der Waals surface area contributed by atoms with Crippen molar-refractivity contribution < 1.29 is 9.53 Å². The minimum Gasteiger partial charge on any atom is -0.465 e. The molecule has 184 valence electrons. The van der Waals surface area contributed by atoms with Crippen molar-refractivity contribution in [3.63, 3.8) is 0 Å². The van der Waals surface area contributed by atoms with Gasteiger partial charge in [-0.05, 0) is 61.7 Å². The molecule has 1 heterocycles. The quantitative estimate of drug-likeness (QED) is 0.270. The van der Waals surface area contributed by atoms with Gasteiger partial charge in [0.05, 0.1) is 18.1 Å². The lowest BCUT2D eigenvalue weighted by atomic mass is 9.72. The number of hydrogen-bond donors (Lipinski definition) is 0. The summed E-state index contributed by atoms with van der Waals surface area (Å²) in [7, 11) is 0. The Morgan fingerprint density at radius 1 is 1.00 bits per heavy atom. The first kappa shape index (κ1) is 25.7. The molecule has 4 rings (SSSR count). The molecule has 1 aliphatic heterocycles. The molecule has 4 nitrogen and oxygen atoms in total. The number of piperidine rings is 1. The summed E-state index contributed by atoms with van der Waals surface area (Å²) in [6.07, 6.45) is 5.44. The number of carbonyl (C=O) groups excluding carboxylic acids is 1. The molecule has 36 heavy (non-hydrogen) atoms. The molecule has 0 atom stereocenters. The van der Waals surface area contributed by atoms with Gasteiger partial charge in [-0.2, -0.15) is 5.26 Å². The third-order valence-electron chi connectivity index (χ3n) is 7.14. The first-order valence-corrected chi connectivity index (χ1v) is 12.8. The lowest BCUT2D eigenvalue weighted by Gasteiger charge is -2.40. The minimum absolute atomic E-state index is 0.167. The van der Waals surface area contributed by atoms with Gasteiger partial charge < -0.3 is 4.74 Å². The number of carbonyl (C=O) groups is 1. The number of hydrogen-bond acceptors (Lipinski definition) is 4. The zero-order valence-corrected chi connectivity index (χ0v) is 21.3. The molecular formula is C31H31ClN2O2. The van der Waals surface area contributed by atoms with Gasteiger partial charge >= 0.3 is 5.97 Å². The Hall–Kier alpha value is -3.39. The average molecular weight is 499 g/mol. The van der Waals surface area contributed by atoms with Crippen molar-refractivity contribution in [2.75, 3.05) is 26.2 Å². The Kier molecular flexibility index (Phi) is 8.25. The Morgan fingerprint density at radius 2 is 1.56 bits per heavy atom. The van der Waals surface area contributed by atoms with Crippen molar-refractivity contribution in [2.45, 2.75) is 30.6 Å². The van der Waals surface area contributed by atoms with E-state index >= 15 is 0 Å². The number of nitriles is 1. The molecule has 0 amide bonds. The second-order valence-electron chi connectivity index (χ2n) is 9.16. The van der Waals surface area contributed by atoms with E-state index in [1.165, 1.54) is 0 Å². The van der Waals surface area contributed by atoms with Crippen LogP contribution in [0, 0.1) is 11.3 Å². The number of halogens is 1. The molecule has 0 bridgehead atoms. The number of benzene rings is 3. The molecule has 0 unspecified atom stereocenters. The van der Waals surface area contributed by atoms with E-state index < -0.39 is 10.8 Å². The van der Waals surface area contributed by atoms with Crippen LogP contribution >= 0.6 is 11.6 Å². The smallest absolute Gasteiger partial charge is 0.316 e. The van der Waals surface area contributed by atoms with E-state index in [-0.39, 0.29) is 5.97 Å². The summed E-state index contributed by atoms with van der Waals surface area (Å²) in [5, 5.41) is 11.0. The molecular weight excluding hydrogens is 468 g/mol. The summed E-state index contributed by atoms with van der Waals surface area (Å²) in [4.78, 5) is 15.4. The Balaban J connectivity index is 1.53. The summed E-state index contributed by atoms with van der Waals surface area (Å²) < 4.78 is 5.50. The van der Waals surface area contributed by atoms with Crippen LogP contribution in [0.25, 0.3) is 0 Å². The van der Waals surface area contributed by atoms with Gasteiger partial charge in [-0.25, -0.2) is 0 Å². The molecule has 0 radical (unpaired) electrons. The van der Waals surface area contributed by atoms with E-state index in [4.69, 9.17) is 16.3 Å². The maximum Gasteiger partial charge on any atom is 0.316 e. The van der Waals surface area contributed by atoms with Crippen LogP contribution in [-0.2, 0) is 20.4 Å². The molecule has 0 N–H and O–H groups in total. The van der Waals surface area contributed by atoms with Gasteiger partial charge in [-0.3, -0.25) is 9.69 Å². The molecule has 1 saturated heterocycles. The van der Waals surface area contributed by atoms with Gasteiger partial charge in [-0.1, -0.05) is 96.5 Å². The maximum absolute atomic E-state index is 13.1. The highest BCUT2D eigenvalue weighted by molar-refractivity contribution is 6.30. The monoisotopic (exact) mass is 498 g/mol. The lowest BCUT2D eigenvalue weighted by molar-refractivity contribution is -0.152.